The van der Waals surface area contributed by atoms with Gasteiger partial charge in [-0.25, -0.2) is 32.2 Å². The largest absolute Gasteiger partial charge is 0.378 e. The Bertz CT molecular complexity index is 1450. The monoisotopic (exact) mass is 650 g/mol. The van der Waals surface area contributed by atoms with Crippen molar-refractivity contribution in [1.29, 1.82) is 0 Å². The fourth-order valence-corrected chi connectivity index (χ4v) is 6.74. The number of halogens is 4. The number of alkyl halides is 4. The molecule has 0 radical (unpaired) electrons. The van der Waals surface area contributed by atoms with E-state index in [1.165, 1.54) is 11.2 Å². The van der Waals surface area contributed by atoms with Gasteiger partial charge in [-0.15, -0.1) is 0 Å². The van der Waals surface area contributed by atoms with Gasteiger partial charge in [-0.1, -0.05) is 5.16 Å². The molecule has 2 amide bonds. The summed E-state index contributed by atoms with van der Waals surface area (Å²) in [5.74, 6) is -6.67. The molecule has 250 valence electrons. The summed E-state index contributed by atoms with van der Waals surface area (Å²) >= 11 is 0. The highest BCUT2D eigenvalue weighted by Gasteiger charge is 2.48. The summed E-state index contributed by atoms with van der Waals surface area (Å²) in [6.07, 6.45) is 5.97. The number of aliphatic imine (C=N–C) groups is 1. The molecule has 0 spiro atoms. The highest BCUT2D eigenvalue weighted by Crippen LogP contribution is 2.41. The summed E-state index contributed by atoms with van der Waals surface area (Å²) in [6, 6.07) is -0.317. The van der Waals surface area contributed by atoms with Gasteiger partial charge in [0.1, 0.15) is 11.5 Å². The number of nitrogens with one attached hydrogen (secondary N) is 2. The van der Waals surface area contributed by atoms with Crippen LogP contribution < -0.4 is 10.6 Å². The standard InChI is InChI=1S/C30H38F4N8O4/c1-18-24(40-46-39-18)26(43)38-25(19-5-7-30(33,34)8-6-19)20-3-4-23-37-22(13-36-42(23)14-20)29(27(44)35-17-28(2,31)32)9-11-41(12-10-29)21-15-45-16-21/h4,13-14,19,21,25H,3,5-12,15-17H2,1-2H3,(H,35,44)(H,38,43)/t25-/m0/s1. The van der Waals surface area contributed by atoms with E-state index in [1.54, 1.807) is 19.2 Å². The van der Waals surface area contributed by atoms with E-state index in [0.29, 0.717) is 62.8 Å². The molecule has 1 aromatic rings. The lowest BCUT2D eigenvalue weighted by atomic mass is 9.73. The highest BCUT2D eigenvalue weighted by atomic mass is 19.3. The summed E-state index contributed by atoms with van der Waals surface area (Å²) in [5, 5.41) is 18.9. The summed E-state index contributed by atoms with van der Waals surface area (Å²) < 4.78 is 65.6. The lowest BCUT2D eigenvalue weighted by molar-refractivity contribution is -0.133. The van der Waals surface area contributed by atoms with Crippen molar-refractivity contribution >= 4 is 23.7 Å². The smallest absolute Gasteiger partial charge is 0.275 e. The van der Waals surface area contributed by atoms with Gasteiger partial charge in [0.25, 0.3) is 11.8 Å². The van der Waals surface area contributed by atoms with Crippen LogP contribution in [0.1, 0.15) is 68.1 Å². The summed E-state index contributed by atoms with van der Waals surface area (Å²) in [5.41, 5.74) is 0.304. The molecule has 1 atom stereocenters. The molecule has 2 saturated heterocycles. The number of hydrogen-bond acceptors (Lipinski definition) is 10. The van der Waals surface area contributed by atoms with Crippen LogP contribution in [0.2, 0.25) is 0 Å². The molecule has 16 heteroatoms. The second-order valence-electron chi connectivity index (χ2n) is 13.0. The van der Waals surface area contributed by atoms with Gasteiger partial charge in [-0.3, -0.25) is 14.5 Å². The van der Waals surface area contributed by atoms with Gasteiger partial charge >= 0.3 is 0 Å². The molecule has 0 unspecified atom stereocenters. The number of allylic oxidation sites excluding steroid dienone is 1. The van der Waals surface area contributed by atoms with Crippen LogP contribution in [-0.4, -0.2) is 101 Å². The van der Waals surface area contributed by atoms with Gasteiger partial charge in [0, 0.05) is 39.1 Å². The normalized spacial score (nSPS) is 24.2. The predicted octanol–water partition coefficient (Wildman–Crippen LogP) is 3.43. The van der Waals surface area contributed by atoms with Crippen LogP contribution in [0.15, 0.2) is 38.4 Å². The van der Waals surface area contributed by atoms with Crippen molar-refractivity contribution in [3.63, 3.8) is 0 Å². The van der Waals surface area contributed by atoms with Crippen molar-refractivity contribution < 1.29 is 36.5 Å². The first-order chi connectivity index (χ1) is 21.8. The van der Waals surface area contributed by atoms with Crippen molar-refractivity contribution in [2.24, 2.45) is 21.4 Å². The number of piperidine rings is 1. The molecular weight excluding hydrogens is 612 g/mol. The fourth-order valence-electron chi connectivity index (χ4n) is 6.74. The van der Waals surface area contributed by atoms with Crippen molar-refractivity contribution in [1.82, 2.24) is 30.9 Å². The second-order valence-corrected chi connectivity index (χ2v) is 13.0. The van der Waals surface area contributed by atoms with Gasteiger partial charge < -0.3 is 15.4 Å². The number of ether oxygens (including phenoxy) is 1. The summed E-state index contributed by atoms with van der Waals surface area (Å²) in [4.78, 5) is 33.8. The van der Waals surface area contributed by atoms with Gasteiger partial charge in [0.05, 0.1) is 49.2 Å². The third-order valence-electron chi connectivity index (χ3n) is 9.64. The maximum absolute atomic E-state index is 14.1. The molecule has 46 heavy (non-hydrogen) atoms. The third-order valence-corrected chi connectivity index (χ3v) is 9.64. The van der Waals surface area contributed by atoms with Crippen LogP contribution in [0, 0.1) is 18.3 Å². The number of aromatic nitrogens is 2. The van der Waals surface area contributed by atoms with Crippen molar-refractivity contribution in [3.8, 4) is 0 Å². The molecule has 0 bridgehead atoms. The Balaban J connectivity index is 1.22. The molecule has 4 aliphatic heterocycles. The van der Waals surface area contributed by atoms with Gasteiger partial charge in [-0.05, 0) is 61.8 Å². The number of nitrogens with zero attached hydrogens (tertiary/aromatic N) is 6. The first kappa shape index (κ1) is 32.3. The van der Waals surface area contributed by atoms with Gasteiger partial charge in [-0.2, -0.15) is 5.10 Å². The first-order valence-electron chi connectivity index (χ1n) is 15.6. The molecule has 1 aromatic heterocycles. The highest BCUT2D eigenvalue weighted by molar-refractivity contribution is 6.38. The quantitative estimate of drug-likeness (QED) is 0.388. The lowest BCUT2D eigenvalue weighted by Crippen LogP contribution is -2.59. The number of likely N-dealkylation sites (tertiary alicyclic amines) is 1. The summed E-state index contributed by atoms with van der Waals surface area (Å²) in [6.45, 7) is 3.95. The van der Waals surface area contributed by atoms with E-state index < -0.39 is 41.7 Å². The predicted molar refractivity (Wildman–Crippen MR) is 157 cm³/mol. The van der Waals surface area contributed by atoms with Crippen LogP contribution in [-0.2, 0) is 9.53 Å². The molecular formula is C30H38F4N8O4. The number of fused-ring (bicyclic) bond motifs is 1. The lowest BCUT2D eigenvalue weighted by Gasteiger charge is -2.46. The van der Waals surface area contributed by atoms with Crippen LogP contribution in [0.25, 0.3) is 0 Å². The Morgan fingerprint density at radius 2 is 1.85 bits per heavy atom. The van der Waals surface area contributed by atoms with Crippen LogP contribution >= 0.6 is 0 Å². The van der Waals surface area contributed by atoms with Crippen LogP contribution in [0.5, 0.6) is 0 Å². The summed E-state index contributed by atoms with van der Waals surface area (Å²) in [7, 11) is 0. The van der Waals surface area contributed by atoms with Crippen molar-refractivity contribution in [2.75, 3.05) is 32.8 Å². The third kappa shape index (κ3) is 6.73. The number of hydrazone groups is 1. The molecule has 0 aromatic carbocycles. The van der Waals surface area contributed by atoms with E-state index in [9.17, 15) is 27.2 Å². The fraction of sp³-hybridized carbons (Fsp3) is 0.667. The SMILES string of the molecule is Cc1nonc1C(=O)N[C@H](C1=CN2N=CC(C3(C(=O)NCC(C)(F)F)CCN(C4COC4)CC3)=NC2=CC1)C1CCC(F)(F)CC1. The molecule has 5 heterocycles. The Morgan fingerprint density at radius 3 is 2.46 bits per heavy atom. The number of carbonyl (C=O) groups is 2. The Labute approximate surface area is 263 Å². The van der Waals surface area contributed by atoms with Gasteiger partial charge in [0.15, 0.2) is 5.69 Å². The van der Waals surface area contributed by atoms with Crippen LogP contribution in [0.4, 0.5) is 17.6 Å². The molecule has 1 aliphatic carbocycles. The van der Waals surface area contributed by atoms with E-state index in [-0.39, 0.29) is 43.3 Å². The molecule has 6 rings (SSSR count). The van der Waals surface area contributed by atoms with Crippen LogP contribution in [0.3, 0.4) is 0 Å². The minimum absolute atomic E-state index is 0.0179. The van der Waals surface area contributed by atoms with E-state index in [2.05, 4.69) is 35.6 Å². The minimum atomic E-state index is -3.07. The molecule has 12 nitrogen and oxygen atoms in total. The van der Waals surface area contributed by atoms with E-state index >= 15 is 0 Å². The van der Waals surface area contributed by atoms with Gasteiger partial charge in [0.2, 0.25) is 11.8 Å². The number of hydrogen-bond donors (Lipinski definition) is 2. The Hall–Kier alpha value is -3.66. The molecule has 5 aliphatic rings. The van der Waals surface area contributed by atoms with Crippen molar-refractivity contribution in [2.45, 2.75) is 82.7 Å². The first-order valence-corrected chi connectivity index (χ1v) is 15.6. The number of amides is 2. The minimum Gasteiger partial charge on any atom is -0.378 e. The number of rotatable bonds is 9. The molecule has 1 saturated carbocycles. The number of carbonyl (C=O) groups excluding carboxylic acids is 2. The molecule has 2 N–H and O–H groups in total. The molecule has 3 fully saturated rings. The van der Waals surface area contributed by atoms with Crippen molar-refractivity contribution in [3.05, 3.63) is 35.1 Å². The topological polar surface area (TPSA) is 138 Å². The van der Waals surface area contributed by atoms with E-state index in [0.717, 1.165) is 12.5 Å². The Kier molecular flexibility index (Phi) is 8.78. The average molecular weight is 651 g/mol. The maximum atomic E-state index is 14.1. The number of aryl methyl sites for hydroxylation is 1. The average Bonchev–Trinajstić information content (AvgIpc) is 3.43. The second kappa shape index (κ2) is 12.5. The zero-order valence-corrected chi connectivity index (χ0v) is 25.8. The van der Waals surface area contributed by atoms with E-state index in [1.807, 2.05) is 0 Å². The van der Waals surface area contributed by atoms with E-state index in [4.69, 9.17) is 9.73 Å². The zero-order valence-electron chi connectivity index (χ0n) is 25.8. The zero-order chi connectivity index (χ0) is 32.7. The maximum Gasteiger partial charge on any atom is 0.275 e. The Morgan fingerprint density at radius 1 is 1.13 bits per heavy atom.